The van der Waals surface area contributed by atoms with E-state index in [9.17, 15) is 4.79 Å². The topological polar surface area (TPSA) is 52.3 Å². The summed E-state index contributed by atoms with van der Waals surface area (Å²) in [6, 6.07) is 0. The van der Waals surface area contributed by atoms with Crippen molar-refractivity contribution in [2.75, 3.05) is 6.54 Å². The molecular weight excluding hydrogens is 202 g/mol. The van der Waals surface area contributed by atoms with Gasteiger partial charge in [-0.05, 0) is 51.0 Å². The maximum absolute atomic E-state index is 12.0. The second-order valence-electron chi connectivity index (χ2n) is 5.23. The Hall–Kier alpha value is -0.570. The molecule has 3 heteroatoms. The summed E-state index contributed by atoms with van der Waals surface area (Å²) in [5, 5.41) is 0. The molecule has 0 aromatic heterocycles. The van der Waals surface area contributed by atoms with Crippen LogP contribution in [0.5, 0.6) is 0 Å². The second kappa shape index (κ2) is 5.67. The zero-order valence-electron chi connectivity index (χ0n) is 9.99. The van der Waals surface area contributed by atoms with Crippen molar-refractivity contribution in [3.63, 3.8) is 0 Å². The Kier molecular flexibility index (Phi) is 4.22. The fraction of sp³-hybridized carbons (Fsp3) is 0.923. The van der Waals surface area contributed by atoms with E-state index in [1.54, 1.807) is 0 Å². The molecule has 0 radical (unpaired) electrons. The van der Waals surface area contributed by atoms with E-state index >= 15 is 0 Å². The molecule has 2 unspecified atom stereocenters. The summed E-state index contributed by atoms with van der Waals surface area (Å²) in [6.07, 6.45) is 9.20. The quantitative estimate of drug-likeness (QED) is 0.749. The molecule has 2 N–H and O–H groups in total. The molecule has 0 amide bonds. The van der Waals surface area contributed by atoms with Gasteiger partial charge in [-0.25, -0.2) is 0 Å². The third-order valence-electron chi connectivity index (χ3n) is 4.10. The van der Waals surface area contributed by atoms with Gasteiger partial charge < -0.3 is 10.5 Å². The Labute approximate surface area is 97.7 Å². The van der Waals surface area contributed by atoms with Crippen molar-refractivity contribution in [1.82, 2.24) is 0 Å². The highest BCUT2D eigenvalue weighted by Crippen LogP contribution is 2.31. The van der Waals surface area contributed by atoms with Crippen LogP contribution in [-0.4, -0.2) is 18.6 Å². The van der Waals surface area contributed by atoms with E-state index in [1.807, 2.05) is 0 Å². The van der Waals surface area contributed by atoms with Crippen molar-refractivity contribution < 1.29 is 9.53 Å². The van der Waals surface area contributed by atoms with Crippen molar-refractivity contribution in [3.05, 3.63) is 0 Å². The number of nitrogens with two attached hydrogens (primary N) is 1. The predicted octanol–water partition coefficient (Wildman–Crippen LogP) is 2.24. The first-order valence-electron chi connectivity index (χ1n) is 6.72. The molecule has 2 fully saturated rings. The Morgan fingerprint density at radius 1 is 1.06 bits per heavy atom. The van der Waals surface area contributed by atoms with Crippen LogP contribution in [0.1, 0.15) is 51.4 Å². The van der Waals surface area contributed by atoms with E-state index < -0.39 is 0 Å². The fourth-order valence-electron chi connectivity index (χ4n) is 3.06. The second-order valence-corrected chi connectivity index (χ2v) is 5.23. The smallest absolute Gasteiger partial charge is 0.309 e. The minimum Gasteiger partial charge on any atom is -0.462 e. The molecule has 92 valence electrons. The minimum absolute atomic E-state index is 0.0297. The predicted molar refractivity (Wildman–Crippen MR) is 62.9 cm³/mol. The van der Waals surface area contributed by atoms with Crippen LogP contribution in [0.2, 0.25) is 0 Å². The maximum atomic E-state index is 12.0. The monoisotopic (exact) mass is 225 g/mol. The van der Waals surface area contributed by atoms with Crippen LogP contribution in [0.15, 0.2) is 0 Å². The molecule has 2 aliphatic rings. The van der Waals surface area contributed by atoms with Gasteiger partial charge in [-0.1, -0.05) is 12.8 Å². The highest BCUT2D eigenvalue weighted by atomic mass is 16.5. The summed E-state index contributed by atoms with van der Waals surface area (Å²) in [4.78, 5) is 12.0. The molecule has 0 bridgehead atoms. The van der Waals surface area contributed by atoms with Crippen molar-refractivity contribution in [2.24, 2.45) is 17.6 Å². The molecule has 0 spiro atoms. The number of rotatable bonds is 3. The first kappa shape index (κ1) is 11.9. The molecule has 0 aromatic carbocycles. The molecule has 2 atom stereocenters. The van der Waals surface area contributed by atoms with E-state index in [1.165, 1.54) is 19.3 Å². The van der Waals surface area contributed by atoms with E-state index in [2.05, 4.69) is 0 Å². The van der Waals surface area contributed by atoms with Gasteiger partial charge in [0.25, 0.3) is 0 Å². The number of ether oxygens (including phenoxy) is 1. The van der Waals surface area contributed by atoms with Gasteiger partial charge in [-0.3, -0.25) is 4.79 Å². The minimum atomic E-state index is 0.0297. The Balaban J connectivity index is 1.86. The lowest BCUT2D eigenvalue weighted by Gasteiger charge is -2.29. The van der Waals surface area contributed by atoms with Crippen LogP contribution >= 0.6 is 0 Å². The number of carbonyl (C=O) groups is 1. The summed E-state index contributed by atoms with van der Waals surface area (Å²) in [5.74, 6) is 0.476. The van der Waals surface area contributed by atoms with E-state index in [0.717, 1.165) is 32.1 Å². The van der Waals surface area contributed by atoms with Crippen LogP contribution in [-0.2, 0) is 9.53 Å². The van der Waals surface area contributed by atoms with Crippen molar-refractivity contribution in [3.8, 4) is 0 Å². The molecule has 2 rings (SSSR count). The van der Waals surface area contributed by atoms with Crippen molar-refractivity contribution >= 4 is 5.97 Å². The van der Waals surface area contributed by atoms with Gasteiger partial charge >= 0.3 is 5.97 Å². The van der Waals surface area contributed by atoms with Gasteiger partial charge in [0.05, 0.1) is 5.92 Å². The first-order chi connectivity index (χ1) is 7.81. The van der Waals surface area contributed by atoms with E-state index in [4.69, 9.17) is 10.5 Å². The Morgan fingerprint density at radius 3 is 2.38 bits per heavy atom. The maximum Gasteiger partial charge on any atom is 0.309 e. The summed E-state index contributed by atoms with van der Waals surface area (Å²) in [5.41, 5.74) is 5.73. The average Bonchev–Trinajstić information content (AvgIpc) is 2.81. The van der Waals surface area contributed by atoms with Gasteiger partial charge in [-0.15, -0.1) is 0 Å². The average molecular weight is 225 g/mol. The summed E-state index contributed by atoms with van der Waals surface area (Å²) < 4.78 is 5.59. The third-order valence-corrected chi connectivity index (χ3v) is 4.10. The van der Waals surface area contributed by atoms with Gasteiger partial charge in [0.2, 0.25) is 0 Å². The van der Waals surface area contributed by atoms with Crippen LogP contribution in [0, 0.1) is 11.8 Å². The summed E-state index contributed by atoms with van der Waals surface area (Å²) >= 11 is 0. The molecule has 0 aromatic rings. The number of hydrogen-bond donors (Lipinski definition) is 1. The lowest BCUT2D eigenvalue weighted by atomic mass is 9.79. The lowest BCUT2D eigenvalue weighted by Crippen LogP contribution is -2.34. The first-order valence-corrected chi connectivity index (χ1v) is 6.72. The molecule has 0 heterocycles. The molecule has 0 aliphatic heterocycles. The van der Waals surface area contributed by atoms with Gasteiger partial charge in [0.15, 0.2) is 0 Å². The molecule has 3 nitrogen and oxygen atoms in total. The Bertz CT molecular complexity index is 236. The highest BCUT2D eigenvalue weighted by Gasteiger charge is 2.32. The molecule has 2 saturated carbocycles. The van der Waals surface area contributed by atoms with Crippen LogP contribution in [0.25, 0.3) is 0 Å². The largest absolute Gasteiger partial charge is 0.462 e. The molecule has 0 saturated heterocycles. The molecular formula is C13H23NO2. The fourth-order valence-corrected chi connectivity index (χ4v) is 3.06. The zero-order chi connectivity index (χ0) is 11.4. The van der Waals surface area contributed by atoms with Gasteiger partial charge in [0.1, 0.15) is 6.10 Å². The lowest BCUT2D eigenvalue weighted by molar-refractivity contribution is -0.156. The molecule has 2 aliphatic carbocycles. The number of carbonyl (C=O) groups excluding carboxylic acids is 1. The van der Waals surface area contributed by atoms with E-state index in [0.29, 0.717) is 12.5 Å². The van der Waals surface area contributed by atoms with Crippen LogP contribution in [0.4, 0.5) is 0 Å². The summed E-state index contributed by atoms with van der Waals surface area (Å²) in [6.45, 7) is 0.629. The third kappa shape index (κ3) is 2.76. The van der Waals surface area contributed by atoms with Gasteiger partial charge in [-0.2, -0.15) is 0 Å². The normalized spacial score (nSPS) is 31.6. The highest BCUT2D eigenvalue weighted by molar-refractivity contribution is 5.73. The van der Waals surface area contributed by atoms with Crippen molar-refractivity contribution in [1.29, 1.82) is 0 Å². The van der Waals surface area contributed by atoms with Crippen LogP contribution < -0.4 is 5.73 Å². The van der Waals surface area contributed by atoms with E-state index in [-0.39, 0.29) is 18.0 Å². The number of hydrogen-bond acceptors (Lipinski definition) is 3. The zero-order valence-corrected chi connectivity index (χ0v) is 9.99. The van der Waals surface area contributed by atoms with Crippen LogP contribution in [0.3, 0.4) is 0 Å². The standard InChI is InChI=1S/C13H23NO2/c14-9-10-5-1-4-8-12(10)13(15)16-11-6-2-3-7-11/h10-12H,1-9,14H2. The Morgan fingerprint density at radius 2 is 1.69 bits per heavy atom. The molecule has 16 heavy (non-hydrogen) atoms. The number of esters is 1. The van der Waals surface area contributed by atoms with Gasteiger partial charge in [0, 0.05) is 0 Å². The SMILES string of the molecule is NCC1CCCCC1C(=O)OC1CCCC1. The van der Waals surface area contributed by atoms with Crippen molar-refractivity contribution in [2.45, 2.75) is 57.5 Å². The summed E-state index contributed by atoms with van der Waals surface area (Å²) in [7, 11) is 0.